The van der Waals surface area contributed by atoms with E-state index in [9.17, 15) is 21.6 Å². The molecule has 0 saturated carbocycles. The third kappa shape index (κ3) is 2.99. The molecule has 1 unspecified atom stereocenters. The number of sulfone groups is 1. The van der Waals surface area contributed by atoms with Crippen molar-refractivity contribution in [3.05, 3.63) is 54.4 Å². The van der Waals surface area contributed by atoms with Gasteiger partial charge in [-0.2, -0.15) is 13.2 Å². The maximum Gasteiger partial charge on any atom is 0.501 e. The number of anilines is 1. The molecule has 134 valence electrons. The third-order valence-corrected chi connectivity index (χ3v) is 5.94. The van der Waals surface area contributed by atoms with Crippen LogP contribution < -0.4 is 4.90 Å². The van der Waals surface area contributed by atoms with Crippen LogP contribution in [0.4, 0.5) is 18.9 Å². The number of alkyl halides is 3. The largest absolute Gasteiger partial charge is 0.501 e. The maximum atomic E-state index is 12.6. The number of hydrogen-bond acceptors (Lipinski definition) is 4. The molecule has 2 aromatic rings. The average molecular weight is 370 g/mol. The Hall–Kier alpha value is -2.09. The van der Waals surface area contributed by atoms with Crippen LogP contribution in [0.25, 0.3) is 0 Å². The Morgan fingerprint density at radius 2 is 1.64 bits per heavy atom. The Kier molecular flexibility index (Phi) is 4.06. The first kappa shape index (κ1) is 17.7. The topological polar surface area (TPSA) is 50.3 Å². The van der Waals surface area contributed by atoms with Gasteiger partial charge in [-0.05, 0) is 42.0 Å². The summed E-state index contributed by atoms with van der Waals surface area (Å²) in [6.45, 7) is 4.93. The van der Waals surface area contributed by atoms with Crippen molar-refractivity contribution in [1.82, 2.24) is 4.98 Å². The van der Waals surface area contributed by atoms with Crippen LogP contribution in [0.3, 0.4) is 0 Å². The van der Waals surface area contributed by atoms with Gasteiger partial charge in [0.05, 0.1) is 10.9 Å². The van der Waals surface area contributed by atoms with Crippen molar-refractivity contribution in [1.29, 1.82) is 0 Å². The third-order valence-electron chi connectivity index (χ3n) is 4.43. The Balaban J connectivity index is 1.91. The first-order valence-corrected chi connectivity index (χ1v) is 9.10. The Morgan fingerprint density at radius 1 is 1.08 bits per heavy atom. The summed E-state index contributed by atoms with van der Waals surface area (Å²) in [5, 5.41) is 0. The maximum absolute atomic E-state index is 12.6. The van der Waals surface area contributed by atoms with Crippen LogP contribution in [0.15, 0.2) is 53.7 Å². The number of aromatic nitrogens is 1. The Morgan fingerprint density at radius 3 is 2.12 bits per heavy atom. The van der Waals surface area contributed by atoms with Gasteiger partial charge >= 0.3 is 5.51 Å². The van der Waals surface area contributed by atoms with Gasteiger partial charge in [0.25, 0.3) is 9.84 Å². The number of pyridine rings is 1. The number of rotatable bonds is 3. The molecule has 1 aliphatic rings. The standard InChI is InChI=1S/C17H17F3N2O2S/c1-16(2)11-22(15(16)12-7-9-21-10-8-12)13-3-5-14(6-4-13)25(23,24)17(18,19)20/h3-10,15H,11H2,1-2H3. The van der Waals surface area contributed by atoms with Gasteiger partial charge in [-0.3, -0.25) is 4.98 Å². The van der Waals surface area contributed by atoms with Crippen molar-refractivity contribution >= 4 is 15.5 Å². The van der Waals surface area contributed by atoms with E-state index in [-0.39, 0.29) is 11.5 Å². The smallest absolute Gasteiger partial charge is 0.363 e. The Bertz CT molecular complexity index is 863. The molecule has 25 heavy (non-hydrogen) atoms. The van der Waals surface area contributed by atoms with Crippen LogP contribution in [0.5, 0.6) is 0 Å². The summed E-state index contributed by atoms with van der Waals surface area (Å²) in [4.78, 5) is 5.30. The van der Waals surface area contributed by atoms with Crippen LogP contribution in [0.1, 0.15) is 25.5 Å². The van der Waals surface area contributed by atoms with Crippen LogP contribution in [-0.2, 0) is 9.84 Å². The fraction of sp³-hybridized carbons (Fsp3) is 0.353. The molecule has 2 heterocycles. The van der Waals surface area contributed by atoms with Gasteiger partial charge in [0, 0.05) is 30.0 Å². The summed E-state index contributed by atoms with van der Waals surface area (Å²) in [7, 11) is -5.32. The van der Waals surface area contributed by atoms with Crippen LogP contribution in [0, 0.1) is 5.41 Å². The molecule has 0 radical (unpaired) electrons. The quantitative estimate of drug-likeness (QED) is 0.821. The van der Waals surface area contributed by atoms with E-state index >= 15 is 0 Å². The van der Waals surface area contributed by atoms with Crippen molar-refractivity contribution < 1.29 is 21.6 Å². The molecule has 1 saturated heterocycles. The molecular formula is C17H17F3N2O2S. The lowest BCUT2D eigenvalue weighted by Crippen LogP contribution is -2.55. The van der Waals surface area contributed by atoms with Gasteiger partial charge in [0.2, 0.25) is 0 Å². The van der Waals surface area contributed by atoms with E-state index in [0.29, 0.717) is 12.2 Å². The fourth-order valence-corrected chi connectivity index (χ4v) is 4.06. The van der Waals surface area contributed by atoms with Gasteiger partial charge in [-0.25, -0.2) is 8.42 Å². The van der Waals surface area contributed by atoms with E-state index < -0.39 is 20.2 Å². The molecule has 0 bridgehead atoms. The minimum atomic E-state index is -5.32. The van der Waals surface area contributed by atoms with Gasteiger partial charge < -0.3 is 4.90 Å². The van der Waals surface area contributed by atoms with Crippen molar-refractivity contribution in [3.8, 4) is 0 Å². The summed E-state index contributed by atoms with van der Waals surface area (Å²) in [6, 6.07) is 8.70. The molecule has 8 heteroatoms. The Labute approximate surface area is 144 Å². The van der Waals surface area contributed by atoms with Crippen LogP contribution in [0.2, 0.25) is 0 Å². The zero-order valence-electron chi connectivity index (χ0n) is 13.7. The fourth-order valence-electron chi connectivity index (χ4n) is 3.29. The number of benzene rings is 1. The molecule has 0 spiro atoms. The molecule has 1 atom stereocenters. The van der Waals surface area contributed by atoms with Crippen molar-refractivity contribution in [2.45, 2.75) is 30.3 Å². The molecule has 1 aromatic heterocycles. The van der Waals surface area contributed by atoms with E-state index in [0.717, 1.165) is 17.7 Å². The minimum Gasteiger partial charge on any atom is -0.363 e. The second-order valence-corrected chi connectivity index (χ2v) is 8.68. The van der Waals surface area contributed by atoms with E-state index in [1.165, 1.54) is 12.1 Å². The van der Waals surface area contributed by atoms with E-state index in [2.05, 4.69) is 18.8 Å². The summed E-state index contributed by atoms with van der Waals surface area (Å²) < 4.78 is 60.8. The van der Waals surface area contributed by atoms with E-state index in [1.807, 2.05) is 17.0 Å². The number of nitrogens with zero attached hydrogens (tertiary/aromatic N) is 2. The van der Waals surface area contributed by atoms with Crippen molar-refractivity contribution in [3.63, 3.8) is 0 Å². The van der Waals surface area contributed by atoms with Crippen LogP contribution in [-0.4, -0.2) is 25.5 Å². The lowest BCUT2D eigenvalue weighted by Gasteiger charge is -2.56. The normalized spacial score (nSPS) is 20.2. The highest BCUT2D eigenvalue weighted by atomic mass is 32.2. The van der Waals surface area contributed by atoms with E-state index in [1.54, 1.807) is 12.4 Å². The van der Waals surface area contributed by atoms with Crippen LogP contribution >= 0.6 is 0 Å². The molecule has 0 aliphatic carbocycles. The first-order chi connectivity index (χ1) is 11.5. The summed E-state index contributed by atoms with van der Waals surface area (Å²) >= 11 is 0. The lowest BCUT2D eigenvalue weighted by atomic mass is 9.71. The van der Waals surface area contributed by atoms with Crippen molar-refractivity contribution in [2.24, 2.45) is 5.41 Å². The zero-order chi connectivity index (χ0) is 18.5. The van der Waals surface area contributed by atoms with Crippen molar-refractivity contribution in [2.75, 3.05) is 11.4 Å². The highest BCUT2D eigenvalue weighted by Gasteiger charge is 2.48. The summed E-state index contributed by atoms with van der Waals surface area (Å²) in [5.41, 5.74) is -3.58. The molecule has 1 fully saturated rings. The molecule has 4 nitrogen and oxygen atoms in total. The monoisotopic (exact) mass is 370 g/mol. The zero-order valence-corrected chi connectivity index (χ0v) is 14.5. The second-order valence-electron chi connectivity index (χ2n) is 6.74. The van der Waals surface area contributed by atoms with Gasteiger partial charge in [-0.1, -0.05) is 13.8 Å². The molecular weight excluding hydrogens is 353 g/mol. The van der Waals surface area contributed by atoms with Gasteiger partial charge in [-0.15, -0.1) is 0 Å². The van der Waals surface area contributed by atoms with Gasteiger partial charge in [0.15, 0.2) is 0 Å². The first-order valence-electron chi connectivity index (χ1n) is 7.62. The SMILES string of the molecule is CC1(C)CN(c2ccc(S(=O)(=O)C(F)(F)F)cc2)C1c1ccncc1. The summed E-state index contributed by atoms with van der Waals surface area (Å²) in [5.74, 6) is 0. The molecule has 0 N–H and O–H groups in total. The molecule has 3 rings (SSSR count). The molecule has 1 aliphatic heterocycles. The summed E-state index contributed by atoms with van der Waals surface area (Å²) in [6.07, 6.45) is 3.39. The van der Waals surface area contributed by atoms with Gasteiger partial charge in [0.1, 0.15) is 0 Å². The molecule has 0 amide bonds. The number of hydrogen-bond donors (Lipinski definition) is 0. The molecule has 1 aromatic carbocycles. The van der Waals surface area contributed by atoms with E-state index in [4.69, 9.17) is 0 Å². The second kappa shape index (κ2) is 5.72. The lowest BCUT2D eigenvalue weighted by molar-refractivity contribution is -0.0436. The minimum absolute atomic E-state index is 0.0158. The highest BCUT2D eigenvalue weighted by molar-refractivity contribution is 7.92. The number of halogens is 3. The predicted molar refractivity (Wildman–Crippen MR) is 87.8 cm³/mol. The predicted octanol–water partition coefficient (Wildman–Crippen LogP) is 3.96. The average Bonchev–Trinajstić information content (AvgIpc) is 2.53. The highest BCUT2D eigenvalue weighted by Crippen LogP contribution is 2.50.